The standard InChI is InChI=1S/C18H26F3N3O3S/c1-12-9-13(2)15(4)17(14(12)3)28(26,27)24-7-5-23(6-8-24)10-16(25)22-11-18(19,20)21/h9H,5-8,10-11H2,1-4H3,(H,22,25). The summed E-state index contributed by atoms with van der Waals surface area (Å²) in [5, 5.41) is 1.83. The van der Waals surface area contributed by atoms with Crippen molar-refractivity contribution in [1.82, 2.24) is 14.5 Å². The maximum Gasteiger partial charge on any atom is 0.405 e. The van der Waals surface area contributed by atoms with Crippen LogP contribution in [0.5, 0.6) is 0 Å². The van der Waals surface area contributed by atoms with Gasteiger partial charge in [0.1, 0.15) is 6.54 Å². The largest absolute Gasteiger partial charge is 0.405 e. The second-order valence-electron chi connectivity index (χ2n) is 7.16. The highest BCUT2D eigenvalue weighted by Gasteiger charge is 2.33. The summed E-state index contributed by atoms with van der Waals surface area (Å²) in [5.41, 5.74) is 3.25. The lowest BCUT2D eigenvalue weighted by molar-refractivity contribution is -0.139. The SMILES string of the molecule is Cc1cc(C)c(C)c(S(=O)(=O)N2CCN(CC(=O)NCC(F)(F)F)CC2)c1C. The highest BCUT2D eigenvalue weighted by atomic mass is 32.2. The van der Waals surface area contributed by atoms with Crippen molar-refractivity contribution in [2.45, 2.75) is 38.8 Å². The van der Waals surface area contributed by atoms with E-state index in [0.29, 0.717) is 4.90 Å². The molecule has 10 heteroatoms. The van der Waals surface area contributed by atoms with Gasteiger partial charge in [-0.05, 0) is 49.9 Å². The van der Waals surface area contributed by atoms with Gasteiger partial charge in [0, 0.05) is 26.2 Å². The quantitative estimate of drug-likeness (QED) is 0.789. The first kappa shape index (κ1) is 22.6. The summed E-state index contributed by atoms with van der Waals surface area (Å²) in [7, 11) is -3.69. The average Bonchev–Trinajstić information content (AvgIpc) is 2.58. The van der Waals surface area contributed by atoms with Crippen LogP contribution in [0.25, 0.3) is 0 Å². The highest BCUT2D eigenvalue weighted by Crippen LogP contribution is 2.29. The highest BCUT2D eigenvalue weighted by molar-refractivity contribution is 7.89. The number of rotatable bonds is 5. The van der Waals surface area contributed by atoms with Crippen LogP contribution in [0.15, 0.2) is 11.0 Å². The minimum absolute atomic E-state index is 0.181. The monoisotopic (exact) mass is 421 g/mol. The number of carbonyl (C=O) groups excluding carboxylic acids is 1. The Morgan fingerprint density at radius 3 is 2.00 bits per heavy atom. The summed E-state index contributed by atoms with van der Waals surface area (Å²) < 4.78 is 64.2. The molecule has 158 valence electrons. The van der Waals surface area contributed by atoms with Crippen molar-refractivity contribution in [1.29, 1.82) is 0 Å². The Balaban J connectivity index is 2.04. The van der Waals surface area contributed by atoms with Crippen LogP contribution in [0.1, 0.15) is 22.3 Å². The summed E-state index contributed by atoms with van der Waals surface area (Å²) >= 11 is 0. The minimum atomic E-state index is -4.45. The van der Waals surface area contributed by atoms with Crippen LogP contribution in [0.2, 0.25) is 0 Å². The number of benzene rings is 1. The molecule has 0 aliphatic carbocycles. The van der Waals surface area contributed by atoms with Crippen LogP contribution < -0.4 is 5.32 Å². The normalized spacial score (nSPS) is 17.0. The van der Waals surface area contributed by atoms with Gasteiger partial charge in [0.2, 0.25) is 15.9 Å². The number of hydrogen-bond donors (Lipinski definition) is 1. The molecule has 0 spiro atoms. The zero-order valence-corrected chi connectivity index (χ0v) is 17.3. The Bertz CT molecular complexity index is 820. The molecule has 1 heterocycles. The number of piperazine rings is 1. The van der Waals surface area contributed by atoms with Gasteiger partial charge in [-0.15, -0.1) is 0 Å². The molecule has 0 radical (unpaired) electrons. The van der Waals surface area contributed by atoms with Crippen LogP contribution in [0.4, 0.5) is 13.2 Å². The number of sulfonamides is 1. The summed E-state index contributed by atoms with van der Waals surface area (Å²) in [4.78, 5) is 13.6. The third-order valence-electron chi connectivity index (χ3n) is 5.08. The van der Waals surface area contributed by atoms with Crippen LogP contribution >= 0.6 is 0 Å². The maximum atomic E-state index is 13.2. The van der Waals surface area contributed by atoms with E-state index < -0.39 is 28.7 Å². The van der Waals surface area contributed by atoms with E-state index in [4.69, 9.17) is 0 Å². The molecule has 0 unspecified atom stereocenters. The number of hydrogen-bond acceptors (Lipinski definition) is 4. The fourth-order valence-electron chi connectivity index (χ4n) is 3.28. The van der Waals surface area contributed by atoms with Crippen molar-refractivity contribution in [3.63, 3.8) is 0 Å². The van der Waals surface area contributed by atoms with Gasteiger partial charge in [0.15, 0.2) is 0 Å². The lowest BCUT2D eigenvalue weighted by Crippen LogP contribution is -2.51. The van der Waals surface area contributed by atoms with Gasteiger partial charge in [0.05, 0.1) is 11.4 Å². The molecule has 2 rings (SSSR count). The fraction of sp³-hybridized carbons (Fsp3) is 0.611. The molecule has 1 N–H and O–H groups in total. The number of nitrogens with one attached hydrogen (secondary N) is 1. The van der Waals surface area contributed by atoms with Crippen molar-refractivity contribution in [3.05, 3.63) is 28.3 Å². The third kappa shape index (κ3) is 5.24. The van der Waals surface area contributed by atoms with Gasteiger partial charge in [-0.3, -0.25) is 9.69 Å². The van der Waals surface area contributed by atoms with Gasteiger partial charge >= 0.3 is 6.18 Å². The van der Waals surface area contributed by atoms with Crippen molar-refractivity contribution in [2.24, 2.45) is 0 Å². The van der Waals surface area contributed by atoms with Crippen molar-refractivity contribution in [2.75, 3.05) is 39.3 Å². The zero-order valence-electron chi connectivity index (χ0n) is 16.5. The molecule has 6 nitrogen and oxygen atoms in total. The van der Waals surface area contributed by atoms with Crippen molar-refractivity contribution in [3.8, 4) is 0 Å². The first-order valence-electron chi connectivity index (χ1n) is 8.96. The first-order chi connectivity index (χ1) is 12.8. The van der Waals surface area contributed by atoms with E-state index in [-0.39, 0.29) is 32.7 Å². The summed E-state index contributed by atoms with van der Waals surface area (Å²) in [6, 6.07) is 1.96. The molecule has 1 aliphatic heterocycles. The molecule has 0 atom stereocenters. The predicted molar refractivity (Wildman–Crippen MR) is 99.7 cm³/mol. The number of carbonyl (C=O) groups is 1. The number of aryl methyl sites for hydroxylation is 2. The van der Waals surface area contributed by atoms with Crippen LogP contribution in [0, 0.1) is 27.7 Å². The second kappa shape index (κ2) is 8.38. The smallest absolute Gasteiger partial charge is 0.346 e. The minimum Gasteiger partial charge on any atom is -0.346 e. The van der Waals surface area contributed by atoms with E-state index in [1.807, 2.05) is 25.2 Å². The second-order valence-corrected chi connectivity index (χ2v) is 9.04. The van der Waals surface area contributed by atoms with Crippen LogP contribution in [-0.4, -0.2) is 69.0 Å². The number of nitrogens with zero attached hydrogens (tertiary/aromatic N) is 2. The van der Waals surface area contributed by atoms with E-state index in [9.17, 15) is 26.4 Å². The molecule has 1 aromatic carbocycles. The molecule has 1 fully saturated rings. The lowest BCUT2D eigenvalue weighted by atomic mass is 10.0. The van der Waals surface area contributed by atoms with Crippen LogP contribution in [0.3, 0.4) is 0 Å². The van der Waals surface area contributed by atoms with Crippen LogP contribution in [-0.2, 0) is 14.8 Å². The molecule has 0 saturated carbocycles. The summed E-state index contributed by atoms with van der Waals surface area (Å²) in [6.45, 7) is 6.68. The molecular formula is C18H26F3N3O3S. The van der Waals surface area contributed by atoms with Gasteiger partial charge < -0.3 is 5.32 Å². The molecule has 28 heavy (non-hydrogen) atoms. The summed E-state index contributed by atoms with van der Waals surface area (Å²) in [5.74, 6) is -0.727. The predicted octanol–water partition coefficient (Wildman–Crippen LogP) is 1.91. The average molecular weight is 421 g/mol. The van der Waals surface area contributed by atoms with E-state index in [1.165, 1.54) is 4.31 Å². The molecule has 1 aliphatic rings. The van der Waals surface area contributed by atoms with E-state index in [1.54, 1.807) is 18.7 Å². The first-order valence-corrected chi connectivity index (χ1v) is 10.4. The van der Waals surface area contributed by atoms with Crippen molar-refractivity contribution >= 4 is 15.9 Å². The van der Waals surface area contributed by atoms with Gasteiger partial charge in [-0.25, -0.2) is 8.42 Å². The molecule has 1 amide bonds. The zero-order chi connectivity index (χ0) is 21.3. The Morgan fingerprint density at radius 1 is 1.04 bits per heavy atom. The number of alkyl halides is 3. The molecule has 0 bridgehead atoms. The van der Waals surface area contributed by atoms with E-state index in [0.717, 1.165) is 22.3 Å². The Morgan fingerprint density at radius 2 is 1.54 bits per heavy atom. The summed E-state index contributed by atoms with van der Waals surface area (Å²) in [6.07, 6.45) is -4.45. The van der Waals surface area contributed by atoms with Gasteiger partial charge in [0.25, 0.3) is 0 Å². The Kier molecular flexibility index (Phi) is 6.78. The van der Waals surface area contributed by atoms with E-state index >= 15 is 0 Å². The topological polar surface area (TPSA) is 69.7 Å². The van der Waals surface area contributed by atoms with Crippen molar-refractivity contribution < 1.29 is 26.4 Å². The van der Waals surface area contributed by atoms with Gasteiger partial charge in [-0.2, -0.15) is 17.5 Å². The molecule has 1 saturated heterocycles. The third-order valence-corrected chi connectivity index (χ3v) is 7.25. The Labute approximate surface area is 163 Å². The molecular weight excluding hydrogens is 395 g/mol. The molecule has 0 aromatic heterocycles. The lowest BCUT2D eigenvalue weighted by Gasteiger charge is -2.34. The van der Waals surface area contributed by atoms with E-state index in [2.05, 4.69) is 0 Å². The Hall–Kier alpha value is -1.65. The fourth-order valence-corrected chi connectivity index (χ4v) is 5.28. The number of halogens is 3. The molecule has 1 aromatic rings. The maximum absolute atomic E-state index is 13.2. The number of amides is 1. The van der Waals surface area contributed by atoms with Gasteiger partial charge in [-0.1, -0.05) is 6.07 Å².